The summed E-state index contributed by atoms with van der Waals surface area (Å²) in [5, 5.41) is 0. The summed E-state index contributed by atoms with van der Waals surface area (Å²) in [4.78, 5) is -0.417. The second kappa shape index (κ2) is 3.41. The lowest BCUT2D eigenvalue weighted by Crippen LogP contribution is -2.33. The number of nitrogens with zero attached hydrogens (tertiary/aromatic N) is 1. The molecule has 0 fully saturated rings. The van der Waals surface area contributed by atoms with E-state index >= 15 is 0 Å². The van der Waals surface area contributed by atoms with Crippen LogP contribution in [-0.4, -0.2) is 19.9 Å². The van der Waals surface area contributed by atoms with E-state index in [0.717, 1.165) is 19.2 Å². The number of rotatable bonds is 2. The van der Waals surface area contributed by atoms with E-state index in [1.54, 1.807) is 0 Å². The van der Waals surface area contributed by atoms with Crippen LogP contribution in [0.5, 0.6) is 0 Å². The Balaban J connectivity index is 3.32. The minimum absolute atomic E-state index is 0.417. The molecule has 0 aliphatic rings. The van der Waals surface area contributed by atoms with Gasteiger partial charge >= 0.3 is 0 Å². The summed E-state index contributed by atoms with van der Waals surface area (Å²) in [5.41, 5.74) is 0. The van der Waals surface area contributed by atoms with Crippen LogP contribution in [0.1, 0.15) is 0 Å². The zero-order valence-corrected chi connectivity index (χ0v) is 7.75. The Morgan fingerprint density at radius 2 is 1.92 bits per heavy atom. The SMILES string of the molecule is CN(N)S(=O)(=O)c1ccccc1F. The Hall–Kier alpha value is -0.980. The maximum atomic E-state index is 13.0. The fourth-order valence-corrected chi connectivity index (χ4v) is 1.68. The first kappa shape index (κ1) is 10.1. The Morgan fingerprint density at radius 1 is 1.38 bits per heavy atom. The highest BCUT2D eigenvalue weighted by Crippen LogP contribution is 2.15. The number of hydrogen-bond acceptors (Lipinski definition) is 3. The summed E-state index contributed by atoms with van der Waals surface area (Å²) in [6.07, 6.45) is 0. The van der Waals surface area contributed by atoms with Gasteiger partial charge in [0.1, 0.15) is 10.7 Å². The lowest BCUT2D eigenvalue weighted by Gasteiger charge is -2.10. The maximum Gasteiger partial charge on any atom is 0.258 e. The quantitative estimate of drug-likeness (QED) is 0.557. The van der Waals surface area contributed by atoms with Crippen molar-refractivity contribution in [2.75, 3.05) is 7.05 Å². The van der Waals surface area contributed by atoms with Gasteiger partial charge in [0, 0.05) is 7.05 Å². The van der Waals surface area contributed by atoms with Crippen LogP contribution in [0, 0.1) is 5.82 Å². The third kappa shape index (κ3) is 1.85. The molecule has 1 aromatic rings. The first-order valence-corrected chi connectivity index (χ1v) is 4.88. The molecule has 0 amide bonds. The molecular weight excluding hydrogens is 195 g/mol. The number of hydrazine groups is 1. The van der Waals surface area contributed by atoms with Gasteiger partial charge in [0.15, 0.2) is 0 Å². The Morgan fingerprint density at radius 3 is 2.38 bits per heavy atom. The summed E-state index contributed by atoms with van der Waals surface area (Å²) < 4.78 is 36.1. The van der Waals surface area contributed by atoms with Gasteiger partial charge in [-0.3, -0.25) is 5.84 Å². The molecule has 0 heterocycles. The Kier molecular flexibility index (Phi) is 2.65. The molecule has 0 spiro atoms. The Labute approximate surface area is 75.8 Å². The zero-order chi connectivity index (χ0) is 10.1. The van der Waals surface area contributed by atoms with Gasteiger partial charge in [0.05, 0.1) is 0 Å². The molecule has 1 aromatic carbocycles. The number of benzene rings is 1. The highest BCUT2D eigenvalue weighted by Gasteiger charge is 2.21. The van der Waals surface area contributed by atoms with Crippen LogP contribution >= 0.6 is 0 Å². The predicted octanol–water partition coefficient (Wildman–Crippen LogP) is 0.320. The molecule has 0 aliphatic heterocycles. The first-order chi connectivity index (χ1) is 5.96. The molecule has 6 heteroatoms. The average Bonchev–Trinajstić information content (AvgIpc) is 2.04. The molecule has 1 rings (SSSR count). The molecule has 72 valence electrons. The molecule has 2 N–H and O–H groups in total. The molecular formula is C7H9FN2O2S. The molecule has 13 heavy (non-hydrogen) atoms. The van der Waals surface area contributed by atoms with Gasteiger partial charge in [-0.05, 0) is 12.1 Å². The fourth-order valence-electron chi connectivity index (χ4n) is 0.809. The largest absolute Gasteiger partial charge is 0.258 e. The van der Waals surface area contributed by atoms with E-state index in [1.165, 1.54) is 12.1 Å². The van der Waals surface area contributed by atoms with Gasteiger partial charge in [0.2, 0.25) is 0 Å². The van der Waals surface area contributed by atoms with Crippen LogP contribution in [0.25, 0.3) is 0 Å². The lowest BCUT2D eigenvalue weighted by atomic mass is 10.4. The van der Waals surface area contributed by atoms with Gasteiger partial charge in [-0.25, -0.2) is 12.8 Å². The topological polar surface area (TPSA) is 63.4 Å². The van der Waals surface area contributed by atoms with Gasteiger partial charge in [-0.1, -0.05) is 12.1 Å². The van der Waals surface area contributed by atoms with Crippen LogP contribution in [-0.2, 0) is 10.0 Å². The molecule has 0 aromatic heterocycles. The number of sulfonamides is 1. The zero-order valence-electron chi connectivity index (χ0n) is 6.94. The minimum atomic E-state index is -3.87. The smallest absolute Gasteiger partial charge is 0.255 e. The molecule has 0 unspecified atom stereocenters. The standard InChI is InChI=1S/C7H9FN2O2S/c1-10(9)13(11,12)7-5-3-2-4-6(7)8/h2-5H,9H2,1H3. The summed E-state index contributed by atoms with van der Waals surface area (Å²) in [6, 6.07) is 5.06. The first-order valence-electron chi connectivity index (χ1n) is 3.44. The van der Waals surface area contributed by atoms with Crippen LogP contribution in [0.3, 0.4) is 0 Å². The van der Waals surface area contributed by atoms with Crippen molar-refractivity contribution < 1.29 is 12.8 Å². The molecule has 0 bridgehead atoms. The maximum absolute atomic E-state index is 13.0. The molecule has 0 saturated heterocycles. The van der Waals surface area contributed by atoms with Gasteiger partial charge in [-0.15, -0.1) is 4.41 Å². The summed E-state index contributed by atoms with van der Waals surface area (Å²) in [7, 11) is -2.73. The van der Waals surface area contributed by atoms with Crippen molar-refractivity contribution in [2.24, 2.45) is 5.84 Å². The normalized spacial score (nSPS) is 12.0. The van der Waals surface area contributed by atoms with Gasteiger partial charge in [0.25, 0.3) is 10.0 Å². The number of nitrogens with two attached hydrogens (primary N) is 1. The van der Waals surface area contributed by atoms with Crippen molar-refractivity contribution in [3.8, 4) is 0 Å². The van der Waals surface area contributed by atoms with E-state index in [0.29, 0.717) is 4.41 Å². The number of halogens is 1. The van der Waals surface area contributed by atoms with E-state index in [1.807, 2.05) is 0 Å². The minimum Gasteiger partial charge on any atom is -0.255 e. The third-order valence-electron chi connectivity index (χ3n) is 1.49. The fraction of sp³-hybridized carbons (Fsp3) is 0.143. The van der Waals surface area contributed by atoms with Crippen molar-refractivity contribution in [3.05, 3.63) is 30.1 Å². The lowest BCUT2D eigenvalue weighted by molar-refractivity contribution is 0.478. The molecule has 0 radical (unpaired) electrons. The van der Waals surface area contributed by atoms with Crippen molar-refractivity contribution in [1.82, 2.24) is 4.41 Å². The van der Waals surface area contributed by atoms with Crippen LogP contribution in [0.2, 0.25) is 0 Å². The number of hydrogen-bond donors (Lipinski definition) is 1. The van der Waals surface area contributed by atoms with E-state index < -0.39 is 20.7 Å². The van der Waals surface area contributed by atoms with Crippen molar-refractivity contribution in [1.29, 1.82) is 0 Å². The van der Waals surface area contributed by atoms with E-state index in [2.05, 4.69) is 0 Å². The molecule has 0 aliphatic carbocycles. The van der Waals surface area contributed by atoms with Crippen LogP contribution < -0.4 is 5.84 Å². The third-order valence-corrected chi connectivity index (χ3v) is 3.14. The summed E-state index contributed by atoms with van der Waals surface area (Å²) in [6.45, 7) is 0. The van der Waals surface area contributed by atoms with Gasteiger partial charge in [-0.2, -0.15) is 0 Å². The summed E-state index contributed by atoms with van der Waals surface area (Å²) >= 11 is 0. The summed E-state index contributed by atoms with van der Waals surface area (Å²) in [5.74, 6) is 4.24. The van der Waals surface area contributed by atoms with E-state index in [4.69, 9.17) is 5.84 Å². The van der Waals surface area contributed by atoms with Gasteiger partial charge < -0.3 is 0 Å². The predicted molar refractivity (Wildman–Crippen MR) is 45.5 cm³/mol. The second-order valence-corrected chi connectivity index (χ2v) is 4.42. The monoisotopic (exact) mass is 204 g/mol. The Bertz CT molecular complexity index is 403. The second-order valence-electron chi connectivity index (χ2n) is 2.45. The van der Waals surface area contributed by atoms with Crippen molar-refractivity contribution in [3.63, 3.8) is 0 Å². The van der Waals surface area contributed by atoms with Crippen LogP contribution in [0.4, 0.5) is 4.39 Å². The van der Waals surface area contributed by atoms with E-state index in [-0.39, 0.29) is 0 Å². The van der Waals surface area contributed by atoms with Crippen LogP contribution in [0.15, 0.2) is 29.2 Å². The van der Waals surface area contributed by atoms with Crippen molar-refractivity contribution in [2.45, 2.75) is 4.90 Å². The molecule has 0 atom stereocenters. The molecule has 0 saturated carbocycles. The molecule has 4 nitrogen and oxygen atoms in total. The highest BCUT2D eigenvalue weighted by atomic mass is 32.2. The van der Waals surface area contributed by atoms with Crippen molar-refractivity contribution >= 4 is 10.0 Å². The average molecular weight is 204 g/mol. The highest BCUT2D eigenvalue weighted by molar-refractivity contribution is 7.89. The van der Waals surface area contributed by atoms with E-state index in [9.17, 15) is 12.8 Å².